The molecule has 0 unspecified atom stereocenters. The first-order chi connectivity index (χ1) is 14.2. The largest absolute Gasteiger partial charge is 0.324 e. The van der Waals surface area contributed by atoms with Gasteiger partial charge in [-0.05, 0) is 59.0 Å². The Bertz CT molecular complexity index is 1120. The summed E-state index contributed by atoms with van der Waals surface area (Å²) in [6.07, 6.45) is 3.45. The number of hydrogen-bond acceptors (Lipinski definition) is 5. The highest BCUT2D eigenvalue weighted by atomic mass is 127. The van der Waals surface area contributed by atoms with Crippen LogP contribution in [0.5, 0.6) is 0 Å². The van der Waals surface area contributed by atoms with E-state index in [4.69, 9.17) is 0 Å². The van der Waals surface area contributed by atoms with Gasteiger partial charge in [0.05, 0.1) is 11.4 Å². The first-order valence-corrected chi connectivity index (χ1v) is 10.9. The second kappa shape index (κ2) is 9.19. The highest BCUT2D eigenvalue weighted by Gasteiger charge is 2.17. The summed E-state index contributed by atoms with van der Waals surface area (Å²) in [5.74, 6) is 0.845. The molecular formula is C21H16IN5OS. The van der Waals surface area contributed by atoms with E-state index in [1.54, 1.807) is 12.4 Å². The Kier molecular flexibility index (Phi) is 6.20. The van der Waals surface area contributed by atoms with Gasteiger partial charge in [-0.15, -0.1) is 10.2 Å². The minimum atomic E-state index is -0.0906. The number of nitrogens with zero attached hydrogens (tertiary/aromatic N) is 4. The molecule has 0 saturated carbocycles. The maximum absolute atomic E-state index is 12.5. The first-order valence-electron chi connectivity index (χ1n) is 8.81. The molecule has 144 valence electrons. The number of carbonyl (C=O) groups excluding carboxylic acids is 1. The molecule has 0 bridgehead atoms. The minimum absolute atomic E-state index is 0.0906. The fourth-order valence-corrected chi connectivity index (χ4v) is 4.01. The molecule has 2 heterocycles. The van der Waals surface area contributed by atoms with Gasteiger partial charge in [-0.25, -0.2) is 0 Å². The zero-order valence-corrected chi connectivity index (χ0v) is 18.2. The molecule has 6 nitrogen and oxygen atoms in total. The van der Waals surface area contributed by atoms with Crippen LogP contribution >= 0.6 is 34.4 Å². The highest BCUT2D eigenvalue weighted by molar-refractivity contribution is 14.1. The van der Waals surface area contributed by atoms with Crippen molar-refractivity contribution in [3.05, 3.63) is 82.7 Å². The van der Waals surface area contributed by atoms with E-state index in [1.165, 1.54) is 11.8 Å². The monoisotopic (exact) mass is 513 g/mol. The number of carbonyl (C=O) groups is 1. The summed E-state index contributed by atoms with van der Waals surface area (Å²) < 4.78 is 2.95. The molecule has 0 aliphatic carbocycles. The van der Waals surface area contributed by atoms with Gasteiger partial charge in [0, 0.05) is 27.2 Å². The average Bonchev–Trinajstić information content (AvgIpc) is 3.19. The summed E-state index contributed by atoms with van der Waals surface area (Å²) in [6, 6.07) is 21.3. The molecule has 4 rings (SSSR count). The summed E-state index contributed by atoms with van der Waals surface area (Å²) in [5, 5.41) is 12.3. The number of rotatable bonds is 6. The van der Waals surface area contributed by atoms with Crippen molar-refractivity contribution < 1.29 is 4.79 Å². The Hall–Kier alpha value is -2.72. The van der Waals surface area contributed by atoms with Crippen molar-refractivity contribution in [3.8, 4) is 17.1 Å². The number of hydrogen-bond donors (Lipinski definition) is 1. The summed E-state index contributed by atoms with van der Waals surface area (Å²) in [4.78, 5) is 16.5. The summed E-state index contributed by atoms with van der Waals surface area (Å²) in [5.41, 5.74) is 2.65. The van der Waals surface area contributed by atoms with Gasteiger partial charge in [-0.2, -0.15) is 0 Å². The van der Waals surface area contributed by atoms with Crippen LogP contribution in [-0.4, -0.2) is 31.4 Å². The van der Waals surface area contributed by atoms with E-state index in [0.717, 1.165) is 20.5 Å². The Morgan fingerprint density at radius 3 is 2.45 bits per heavy atom. The van der Waals surface area contributed by atoms with Gasteiger partial charge in [0.15, 0.2) is 11.0 Å². The summed E-state index contributed by atoms with van der Waals surface area (Å²) >= 11 is 3.55. The van der Waals surface area contributed by atoms with Crippen molar-refractivity contribution in [2.75, 3.05) is 11.1 Å². The van der Waals surface area contributed by atoms with Crippen molar-refractivity contribution in [3.63, 3.8) is 0 Å². The van der Waals surface area contributed by atoms with Crippen LogP contribution in [-0.2, 0) is 4.79 Å². The van der Waals surface area contributed by atoms with Crippen LogP contribution in [0.1, 0.15) is 0 Å². The molecule has 2 aromatic heterocycles. The fourth-order valence-electron chi connectivity index (χ4n) is 2.74. The molecule has 29 heavy (non-hydrogen) atoms. The maximum Gasteiger partial charge on any atom is 0.234 e. The van der Waals surface area contributed by atoms with E-state index in [-0.39, 0.29) is 11.7 Å². The maximum atomic E-state index is 12.5. The number of anilines is 1. The van der Waals surface area contributed by atoms with E-state index >= 15 is 0 Å². The van der Waals surface area contributed by atoms with Gasteiger partial charge in [0.25, 0.3) is 0 Å². The SMILES string of the molecule is O=C(CSc1nnc(-c2ccncc2)n1-c1ccccc1)Nc1ccccc1I. The molecule has 0 saturated heterocycles. The van der Waals surface area contributed by atoms with Crippen molar-refractivity contribution in [2.45, 2.75) is 5.16 Å². The van der Waals surface area contributed by atoms with Crippen molar-refractivity contribution in [1.82, 2.24) is 19.7 Å². The molecule has 0 atom stereocenters. The van der Waals surface area contributed by atoms with Crippen LogP contribution in [0.3, 0.4) is 0 Å². The predicted octanol–water partition coefficient (Wildman–Crippen LogP) is 4.66. The molecule has 0 aliphatic heterocycles. The Labute approximate surface area is 185 Å². The normalized spacial score (nSPS) is 10.7. The number of nitrogens with one attached hydrogen (secondary N) is 1. The Morgan fingerprint density at radius 2 is 1.69 bits per heavy atom. The fraction of sp³-hybridized carbons (Fsp3) is 0.0476. The van der Waals surface area contributed by atoms with Gasteiger partial charge in [-0.3, -0.25) is 14.3 Å². The number of benzene rings is 2. The van der Waals surface area contributed by atoms with Crippen LogP contribution in [0.15, 0.2) is 84.3 Å². The van der Waals surface area contributed by atoms with Gasteiger partial charge in [0.1, 0.15) is 0 Å². The molecule has 0 aliphatic rings. The third-order valence-electron chi connectivity index (χ3n) is 4.07. The quantitative estimate of drug-likeness (QED) is 0.300. The van der Waals surface area contributed by atoms with E-state index in [1.807, 2.05) is 71.3 Å². The molecule has 0 radical (unpaired) electrons. The second-order valence-corrected chi connectivity index (χ2v) is 8.13. The molecule has 1 N–H and O–H groups in total. The molecule has 2 aromatic carbocycles. The van der Waals surface area contributed by atoms with Crippen LogP contribution in [0.25, 0.3) is 17.1 Å². The van der Waals surface area contributed by atoms with Gasteiger partial charge in [-0.1, -0.05) is 42.1 Å². The van der Waals surface area contributed by atoms with Crippen molar-refractivity contribution in [2.24, 2.45) is 0 Å². The van der Waals surface area contributed by atoms with Crippen LogP contribution in [0.2, 0.25) is 0 Å². The molecule has 8 heteroatoms. The zero-order valence-electron chi connectivity index (χ0n) is 15.2. The van der Waals surface area contributed by atoms with E-state index in [9.17, 15) is 4.79 Å². The zero-order chi connectivity index (χ0) is 20.1. The summed E-state index contributed by atoms with van der Waals surface area (Å²) in [7, 11) is 0. The van der Waals surface area contributed by atoms with Crippen molar-refractivity contribution in [1.29, 1.82) is 0 Å². The number of thioether (sulfide) groups is 1. The lowest BCUT2D eigenvalue weighted by molar-refractivity contribution is -0.113. The van der Waals surface area contributed by atoms with Crippen LogP contribution in [0.4, 0.5) is 5.69 Å². The second-order valence-electron chi connectivity index (χ2n) is 6.03. The van der Waals surface area contributed by atoms with E-state index < -0.39 is 0 Å². The lowest BCUT2D eigenvalue weighted by Gasteiger charge is -2.10. The number of halogens is 1. The Morgan fingerprint density at radius 1 is 0.966 bits per heavy atom. The number of amides is 1. The standard InChI is InChI=1S/C21H16IN5OS/c22-17-8-4-5-9-18(17)24-19(28)14-29-21-26-25-20(15-10-12-23-13-11-15)27(21)16-6-2-1-3-7-16/h1-13H,14H2,(H,24,28). The lowest BCUT2D eigenvalue weighted by Crippen LogP contribution is -2.15. The van der Waals surface area contributed by atoms with E-state index in [2.05, 4.69) is 43.1 Å². The van der Waals surface area contributed by atoms with Gasteiger partial charge >= 0.3 is 0 Å². The number of aromatic nitrogens is 4. The third kappa shape index (κ3) is 4.65. The third-order valence-corrected chi connectivity index (χ3v) is 5.94. The highest BCUT2D eigenvalue weighted by Crippen LogP contribution is 2.28. The minimum Gasteiger partial charge on any atom is -0.324 e. The average molecular weight is 513 g/mol. The molecular weight excluding hydrogens is 497 g/mol. The predicted molar refractivity (Wildman–Crippen MR) is 123 cm³/mol. The van der Waals surface area contributed by atoms with Crippen LogP contribution < -0.4 is 5.32 Å². The molecule has 0 fully saturated rings. The Balaban J connectivity index is 1.58. The molecule has 0 spiro atoms. The molecule has 1 amide bonds. The molecule has 4 aromatic rings. The number of para-hydroxylation sites is 2. The first kappa shape index (κ1) is 19.6. The van der Waals surface area contributed by atoms with Gasteiger partial charge < -0.3 is 5.32 Å². The summed E-state index contributed by atoms with van der Waals surface area (Å²) in [6.45, 7) is 0. The lowest BCUT2D eigenvalue weighted by atomic mass is 10.2. The van der Waals surface area contributed by atoms with Gasteiger partial charge in [0.2, 0.25) is 5.91 Å². The van der Waals surface area contributed by atoms with Crippen LogP contribution in [0, 0.1) is 3.57 Å². The van der Waals surface area contributed by atoms with Crippen molar-refractivity contribution >= 4 is 45.9 Å². The topological polar surface area (TPSA) is 72.7 Å². The smallest absolute Gasteiger partial charge is 0.234 e. The number of pyridine rings is 1. The van der Waals surface area contributed by atoms with E-state index in [0.29, 0.717) is 11.0 Å².